The lowest BCUT2D eigenvalue weighted by Crippen LogP contribution is -2.61. The van der Waals surface area contributed by atoms with Gasteiger partial charge in [0.15, 0.2) is 5.60 Å². The molecule has 36 heavy (non-hydrogen) atoms. The molecule has 2 saturated heterocycles. The highest BCUT2D eigenvalue weighted by Gasteiger charge is 2.57. The molecule has 5 rings (SSSR count). The molecule has 11 nitrogen and oxygen atoms in total. The van der Waals surface area contributed by atoms with E-state index in [-0.39, 0.29) is 19.4 Å². The first-order valence-electron chi connectivity index (χ1n) is 11.4. The van der Waals surface area contributed by atoms with Gasteiger partial charge in [0.25, 0.3) is 5.91 Å². The summed E-state index contributed by atoms with van der Waals surface area (Å²) >= 11 is 6.21. The lowest BCUT2D eigenvalue weighted by Gasteiger charge is -2.42. The zero-order chi connectivity index (χ0) is 25.6. The molecule has 0 bridgehead atoms. The van der Waals surface area contributed by atoms with E-state index in [0.717, 1.165) is 0 Å². The molecule has 0 saturated carbocycles. The highest BCUT2D eigenvalue weighted by molar-refractivity contribution is 6.30. The van der Waals surface area contributed by atoms with E-state index in [1.165, 1.54) is 19.2 Å². The number of carbonyl (C=O) groups is 3. The maximum atomic E-state index is 12.9. The predicted octanol–water partition coefficient (Wildman–Crippen LogP) is 2.23. The second kappa shape index (κ2) is 9.25. The van der Waals surface area contributed by atoms with Crippen LogP contribution in [-0.4, -0.2) is 71.3 Å². The van der Waals surface area contributed by atoms with Crippen LogP contribution < -0.4 is 16.0 Å². The minimum absolute atomic E-state index is 0.112. The van der Waals surface area contributed by atoms with E-state index in [1.807, 2.05) is 0 Å². The minimum atomic E-state index is -1.13. The van der Waals surface area contributed by atoms with Crippen LogP contribution in [0.5, 0.6) is 0 Å². The smallest absolute Gasteiger partial charge is 0.412 e. The molecule has 4 unspecified atom stereocenters. The van der Waals surface area contributed by atoms with Gasteiger partial charge in [-0.3, -0.25) is 20.3 Å². The lowest BCUT2D eigenvalue weighted by molar-refractivity contribution is -0.105. The second-order valence-electron chi connectivity index (χ2n) is 9.13. The van der Waals surface area contributed by atoms with Crippen LogP contribution in [-0.2, 0) is 15.1 Å². The van der Waals surface area contributed by atoms with E-state index in [9.17, 15) is 24.6 Å². The summed E-state index contributed by atoms with van der Waals surface area (Å²) in [5, 5.41) is 30.5. The predicted molar refractivity (Wildman–Crippen MR) is 129 cm³/mol. The van der Waals surface area contributed by atoms with Crippen molar-refractivity contribution in [3.8, 4) is 0 Å². The SMILES string of the molecule is COC(=O)Nc1ccc(C(=O)N[C@H]2CC(O)C3CC4(CN3C2O)OC(=O)Nc2ccc(Cl)cc24)cc1. The molecule has 12 heteroatoms. The number of benzene rings is 2. The molecule has 0 radical (unpaired) electrons. The maximum absolute atomic E-state index is 12.9. The van der Waals surface area contributed by atoms with Gasteiger partial charge in [-0.15, -0.1) is 0 Å². The van der Waals surface area contributed by atoms with Crippen LogP contribution in [0, 0.1) is 0 Å². The van der Waals surface area contributed by atoms with E-state index < -0.39 is 48.1 Å². The molecule has 3 aliphatic rings. The molecule has 0 aliphatic carbocycles. The van der Waals surface area contributed by atoms with Crippen LogP contribution in [0.25, 0.3) is 0 Å². The van der Waals surface area contributed by atoms with Gasteiger partial charge >= 0.3 is 12.2 Å². The summed E-state index contributed by atoms with van der Waals surface area (Å²) in [6, 6.07) is 9.94. The van der Waals surface area contributed by atoms with Crippen molar-refractivity contribution < 1.29 is 34.1 Å². The number of rotatable bonds is 3. The van der Waals surface area contributed by atoms with Crippen molar-refractivity contribution in [3.05, 3.63) is 58.6 Å². The quantitative estimate of drug-likeness (QED) is 0.417. The Hall–Kier alpha value is -3.38. The number of nitrogens with zero attached hydrogens (tertiary/aromatic N) is 1. The number of fused-ring (bicyclic) bond motifs is 3. The standard InChI is InChI=1S/C24H25ClN4O7/c1-35-22(33)26-14-5-2-12(3-6-14)20(31)27-17-9-19(30)18-10-24(11-29(18)21(17)32)15-8-13(25)4-7-16(15)28-23(34)36-24/h2-8,17-19,21,30,32H,9-11H2,1H3,(H,26,33)(H,27,31)(H,28,34)/t17-,18?,19?,21?,24?/m0/s1. The van der Waals surface area contributed by atoms with Crippen molar-refractivity contribution in [2.45, 2.75) is 42.9 Å². The van der Waals surface area contributed by atoms with Gasteiger partial charge in [-0.2, -0.15) is 0 Å². The summed E-state index contributed by atoms with van der Waals surface area (Å²) in [4.78, 5) is 38.2. The number of piperidine rings is 1. The van der Waals surface area contributed by atoms with Gasteiger partial charge < -0.3 is 25.0 Å². The van der Waals surface area contributed by atoms with Crippen LogP contribution in [0.1, 0.15) is 28.8 Å². The topological polar surface area (TPSA) is 149 Å². The van der Waals surface area contributed by atoms with Gasteiger partial charge in [0.1, 0.15) is 6.23 Å². The summed E-state index contributed by atoms with van der Waals surface area (Å²) in [7, 11) is 1.25. The Morgan fingerprint density at radius 3 is 2.69 bits per heavy atom. The van der Waals surface area contributed by atoms with E-state index in [4.69, 9.17) is 16.3 Å². The van der Waals surface area contributed by atoms with E-state index >= 15 is 0 Å². The van der Waals surface area contributed by atoms with Gasteiger partial charge in [0, 0.05) is 40.8 Å². The van der Waals surface area contributed by atoms with Crippen LogP contribution in [0.15, 0.2) is 42.5 Å². The van der Waals surface area contributed by atoms with Gasteiger partial charge in [-0.05, 0) is 48.9 Å². The first kappa shape index (κ1) is 24.3. The number of amides is 3. The van der Waals surface area contributed by atoms with Crippen molar-refractivity contribution in [3.63, 3.8) is 0 Å². The van der Waals surface area contributed by atoms with Crippen molar-refractivity contribution in [2.24, 2.45) is 0 Å². The third-order valence-electron chi connectivity index (χ3n) is 6.93. The Balaban J connectivity index is 1.32. The second-order valence-corrected chi connectivity index (χ2v) is 9.57. The molecule has 2 fully saturated rings. The first-order valence-corrected chi connectivity index (χ1v) is 11.7. The van der Waals surface area contributed by atoms with E-state index in [1.54, 1.807) is 35.2 Å². The number of methoxy groups -OCH3 is 1. The molecule has 3 aliphatic heterocycles. The largest absolute Gasteiger partial charge is 0.453 e. The molecule has 2 aromatic rings. The fourth-order valence-electron chi connectivity index (χ4n) is 5.25. The third kappa shape index (κ3) is 4.35. The average molecular weight is 517 g/mol. The molecular weight excluding hydrogens is 492 g/mol. The summed E-state index contributed by atoms with van der Waals surface area (Å²) < 4.78 is 10.3. The van der Waals surface area contributed by atoms with Gasteiger partial charge in [0.2, 0.25) is 0 Å². The minimum Gasteiger partial charge on any atom is -0.453 e. The van der Waals surface area contributed by atoms with Gasteiger partial charge in [-0.25, -0.2) is 9.59 Å². The fourth-order valence-corrected chi connectivity index (χ4v) is 5.42. The molecule has 2 aromatic carbocycles. The number of halogens is 1. The normalized spacial score (nSPS) is 28.9. The summed E-state index contributed by atoms with van der Waals surface area (Å²) in [5.41, 5.74) is 0.895. The Morgan fingerprint density at radius 2 is 1.97 bits per heavy atom. The summed E-state index contributed by atoms with van der Waals surface area (Å²) in [6.07, 6.45) is -2.89. The van der Waals surface area contributed by atoms with Crippen molar-refractivity contribution in [2.75, 3.05) is 24.3 Å². The number of nitrogens with one attached hydrogen (secondary N) is 3. The molecule has 3 amide bonds. The monoisotopic (exact) mass is 516 g/mol. The maximum Gasteiger partial charge on any atom is 0.412 e. The van der Waals surface area contributed by atoms with Crippen LogP contribution >= 0.6 is 11.6 Å². The number of aliphatic hydroxyl groups is 2. The summed E-state index contributed by atoms with van der Waals surface area (Å²) in [5.74, 6) is -0.450. The molecule has 5 atom stereocenters. The summed E-state index contributed by atoms with van der Waals surface area (Å²) in [6.45, 7) is 0.122. The lowest BCUT2D eigenvalue weighted by atomic mass is 9.86. The Kier molecular flexibility index (Phi) is 6.25. The van der Waals surface area contributed by atoms with E-state index in [2.05, 4.69) is 20.7 Å². The number of hydrogen-bond acceptors (Lipinski definition) is 8. The van der Waals surface area contributed by atoms with Crippen LogP contribution in [0.2, 0.25) is 5.02 Å². The average Bonchev–Trinajstić information content (AvgIpc) is 3.24. The third-order valence-corrected chi connectivity index (χ3v) is 7.17. The molecule has 190 valence electrons. The van der Waals surface area contributed by atoms with Gasteiger partial charge in [-0.1, -0.05) is 11.6 Å². The molecule has 5 N–H and O–H groups in total. The van der Waals surface area contributed by atoms with Crippen LogP contribution in [0.4, 0.5) is 21.0 Å². The fraction of sp³-hybridized carbons (Fsp3) is 0.375. The Bertz CT molecular complexity index is 1210. The highest BCUT2D eigenvalue weighted by Crippen LogP contribution is 2.48. The highest BCUT2D eigenvalue weighted by atomic mass is 35.5. The first-order chi connectivity index (χ1) is 17.2. The molecular formula is C24H25ClN4O7. The number of ether oxygens (including phenoxy) is 2. The van der Waals surface area contributed by atoms with Gasteiger partial charge in [0.05, 0.1) is 24.9 Å². The number of hydrogen-bond donors (Lipinski definition) is 5. The molecule has 0 aromatic heterocycles. The van der Waals surface area contributed by atoms with Crippen molar-refractivity contribution in [1.82, 2.24) is 10.2 Å². The number of anilines is 2. The van der Waals surface area contributed by atoms with E-state index in [0.29, 0.717) is 27.5 Å². The van der Waals surface area contributed by atoms with Crippen molar-refractivity contribution >= 4 is 41.1 Å². The number of aliphatic hydroxyl groups excluding tert-OH is 2. The molecule has 3 heterocycles. The molecule has 1 spiro atoms. The Morgan fingerprint density at radius 1 is 1.22 bits per heavy atom. The zero-order valence-corrected chi connectivity index (χ0v) is 20.0. The van der Waals surface area contributed by atoms with Crippen LogP contribution in [0.3, 0.4) is 0 Å². The van der Waals surface area contributed by atoms with Crippen molar-refractivity contribution in [1.29, 1.82) is 0 Å². The zero-order valence-electron chi connectivity index (χ0n) is 19.2. The number of carbonyl (C=O) groups excluding carboxylic acids is 3. The Labute approximate surface area is 211 Å².